The van der Waals surface area contributed by atoms with Crippen molar-refractivity contribution < 1.29 is 9.53 Å². The van der Waals surface area contributed by atoms with Gasteiger partial charge in [0.2, 0.25) is 0 Å². The van der Waals surface area contributed by atoms with Crippen LogP contribution in [0.25, 0.3) is 0 Å². The Hall–Kier alpha value is -1.04. The first-order valence-corrected chi connectivity index (χ1v) is 8.08. The summed E-state index contributed by atoms with van der Waals surface area (Å²) in [7, 11) is 1.67. The molecule has 1 aliphatic heterocycles. The Morgan fingerprint density at radius 2 is 2.20 bits per heavy atom. The largest absolute Gasteiger partial charge is 0.383 e. The van der Waals surface area contributed by atoms with Gasteiger partial charge in [-0.05, 0) is 29.9 Å². The highest BCUT2D eigenvalue weighted by molar-refractivity contribution is 7.99. The maximum atomic E-state index is 12.7. The van der Waals surface area contributed by atoms with Gasteiger partial charge in [0.05, 0.1) is 6.61 Å². The van der Waals surface area contributed by atoms with E-state index in [1.807, 2.05) is 40.9 Å². The van der Waals surface area contributed by atoms with Crippen molar-refractivity contribution in [1.29, 1.82) is 0 Å². The molecule has 1 aliphatic rings. The van der Waals surface area contributed by atoms with Gasteiger partial charge in [-0.3, -0.25) is 4.79 Å². The Kier molecular flexibility index (Phi) is 5.88. The fourth-order valence-corrected chi connectivity index (χ4v) is 3.58. The Morgan fingerprint density at radius 3 is 2.75 bits per heavy atom. The Morgan fingerprint density at radius 1 is 1.45 bits per heavy atom. The number of benzene rings is 1. The van der Waals surface area contributed by atoms with Gasteiger partial charge in [-0.25, -0.2) is 0 Å². The molecule has 1 unspecified atom stereocenters. The van der Waals surface area contributed by atoms with E-state index in [2.05, 4.69) is 0 Å². The molecule has 2 rings (SSSR count). The molecule has 0 aliphatic carbocycles. The number of carbonyl (C=O) groups is 1. The fourth-order valence-electron chi connectivity index (χ4n) is 2.36. The van der Waals surface area contributed by atoms with E-state index in [9.17, 15) is 4.79 Å². The van der Waals surface area contributed by atoms with Crippen LogP contribution >= 0.6 is 11.8 Å². The van der Waals surface area contributed by atoms with Gasteiger partial charge in [0.15, 0.2) is 0 Å². The van der Waals surface area contributed by atoms with E-state index in [-0.39, 0.29) is 5.91 Å². The molecule has 1 amide bonds. The summed E-state index contributed by atoms with van der Waals surface area (Å²) in [6.07, 6.45) is 1.07. The first kappa shape index (κ1) is 15.4. The number of thioether (sulfide) groups is 1. The van der Waals surface area contributed by atoms with E-state index in [0.29, 0.717) is 25.7 Å². The van der Waals surface area contributed by atoms with E-state index in [4.69, 9.17) is 10.5 Å². The quantitative estimate of drug-likeness (QED) is 0.868. The highest BCUT2D eigenvalue weighted by Gasteiger charge is 2.27. The summed E-state index contributed by atoms with van der Waals surface area (Å²) in [6.45, 7) is 1.73. The van der Waals surface area contributed by atoms with Crippen LogP contribution in [0.2, 0.25) is 0 Å². The van der Waals surface area contributed by atoms with Crippen molar-refractivity contribution in [3.63, 3.8) is 0 Å². The first-order valence-electron chi connectivity index (χ1n) is 6.93. The standard InChI is InChI=1S/C15H22N2O2S/c1-19-8-7-17(14-6-9-20-11-14)15(18)13-4-2-12(10-16)3-5-13/h2-5,14H,6-11,16H2,1H3. The van der Waals surface area contributed by atoms with Crippen LogP contribution in [0, 0.1) is 0 Å². The van der Waals surface area contributed by atoms with Crippen LogP contribution in [0.4, 0.5) is 0 Å². The second-order valence-electron chi connectivity index (χ2n) is 4.91. The lowest BCUT2D eigenvalue weighted by Crippen LogP contribution is -2.42. The Balaban J connectivity index is 2.11. The van der Waals surface area contributed by atoms with E-state index in [1.54, 1.807) is 7.11 Å². The van der Waals surface area contributed by atoms with Gasteiger partial charge in [0.1, 0.15) is 0 Å². The highest BCUT2D eigenvalue weighted by atomic mass is 32.2. The topological polar surface area (TPSA) is 55.6 Å². The first-order chi connectivity index (χ1) is 9.76. The predicted octanol–water partition coefficient (Wildman–Crippen LogP) is 1.74. The SMILES string of the molecule is COCCN(C(=O)c1ccc(CN)cc1)C1CCSC1. The van der Waals surface area contributed by atoms with E-state index < -0.39 is 0 Å². The molecule has 0 spiro atoms. The molecule has 1 aromatic rings. The average molecular weight is 294 g/mol. The molecular weight excluding hydrogens is 272 g/mol. The molecule has 2 N–H and O–H groups in total. The monoisotopic (exact) mass is 294 g/mol. The number of hydrogen-bond acceptors (Lipinski definition) is 4. The number of nitrogens with two attached hydrogens (primary N) is 1. The molecule has 4 nitrogen and oxygen atoms in total. The molecule has 0 aromatic heterocycles. The minimum atomic E-state index is 0.0955. The minimum absolute atomic E-state index is 0.0955. The lowest BCUT2D eigenvalue weighted by Gasteiger charge is -2.28. The molecule has 1 aromatic carbocycles. The zero-order chi connectivity index (χ0) is 14.4. The van der Waals surface area contributed by atoms with E-state index >= 15 is 0 Å². The van der Waals surface area contributed by atoms with Gasteiger partial charge in [-0.1, -0.05) is 12.1 Å². The summed E-state index contributed by atoms with van der Waals surface area (Å²) >= 11 is 1.91. The van der Waals surface area contributed by atoms with Gasteiger partial charge in [0, 0.05) is 37.6 Å². The minimum Gasteiger partial charge on any atom is -0.383 e. The van der Waals surface area contributed by atoms with Crippen molar-refractivity contribution in [2.24, 2.45) is 5.73 Å². The highest BCUT2D eigenvalue weighted by Crippen LogP contribution is 2.23. The molecule has 1 heterocycles. The number of carbonyl (C=O) groups excluding carboxylic acids is 1. The molecule has 20 heavy (non-hydrogen) atoms. The smallest absolute Gasteiger partial charge is 0.254 e. The molecule has 0 radical (unpaired) electrons. The normalized spacial score (nSPS) is 18.2. The van der Waals surface area contributed by atoms with Crippen LogP contribution in [0.1, 0.15) is 22.3 Å². The Labute approximate surface area is 124 Å². The summed E-state index contributed by atoms with van der Waals surface area (Å²) < 4.78 is 5.14. The third-order valence-corrected chi connectivity index (χ3v) is 4.73. The van der Waals surface area contributed by atoms with Crippen LogP contribution < -0.4 is 5.73 Å². The van der Waals surface area contributed by atoms with E-state index in [0.717, 1.165) is 29.1 Å². The van der Waals surface area contributed by atoms with Gasteiger partial charge >= 0.3 is 0 Å². The third kappa shape index (κ3) is 3.75. The molecule has 0 saturated carbocycles. The van der Waals surface area contributed by atoms with Crippen LogP contribution in [0.15, 0.2) is 24.3 Å². The van der Waals surface area contributed by atoms with Crippen LogP contribution in [0.5, 0.6) is 0 Å². The molecule has 1 atom stereocenters. The number of rotatable bonds is 6. The second kappa shape index (κ2) is 7.67. The molecule has 1 fully saturated rings. The third-order valence-electron chi connectivity index (χ3n) is 3.58. The fraction of sp³-hybridized carbons (Fsp3) is 0.533. The van der Waals surface area contributed by atoms with Gasteiger partial charge < -0.3 is 15.4 Å². The van der Waals surface area contributed by atoms with Crippen LogP contribution in [-0.2, 0) is 11.3 Å². The zero-order valence-electron chi connectivity index (χ0n) is 11.9. The zero-order valence-corrected chi connectivity index (χ0v) is 12.7. The summed E-state index contributed by atoms with van der Waals surface area (Å²) in [5.41, 5.74) is 7.36. The average Bonchev–Trinajstić information content (AvgIpc) is 3.01. The summed E-state index contributed by atoms with van der Waals surface area (Å²) in [5.74, 6) is 2.25. The number of amides is 1. The molecule has 5 heteroatoms. The van der Waals surface area contributed by atoms with Gasteiger partial charge in [-0.2, -0.15) is 11.8 Å². The van der Waals surface area contributed by atoms with Crippen molar-refractivity contribution in [3.8, 4) is 0 Å². The van der Waals surface area contributed by atoms with Crippen LogP contribution in [0.3, 0.4) is 0 Å². The summed E-state index contributed by atoms with van der Waals surface area (Å²) in [6, 6.07) is 7.91. The molecule has 1 saturated heterocycles. The number of ether oxygens (including phenoxy) is 1. The Bertz CT molecular complexity index is 430. The van der Waals surface area contributed by atoms with E-state index in [1.165, 1.54) is 0 Å². The summed E-state index contributed by atoms with van der Waals surface area (Å²) in [4.78, 5) is 14.6. The maximum Gasteiger partial charge on any atom is 0.254 e. The number of nitrogens with zero attached hydrogens (tertiary/aromatic N) is 1. The lowest BCUT2D eigenvalue weighted by molar-refractivity contribution is 0.0624. The van der Waals surface area contributed by atoms with Crippen molar-refractivity contribution >= 4 is 17.7 Å². The van der Waals surface area contributed by atoms with Crippen molar-refractivity contribution in [2.45, 2.75) is 19.0 Å². The van der Waals surface area contributed by atoms with Crippen molar-refractivity contribution in [1.82, 2.24) is 4.90 Å². The number of methoxy groups -OCH3 is 1. The second-order valence-corrected chi connectivity index (χ2v) is 6.06. The summed E-state index contributed by atoms with van der Waals surface area (Å²) in [5, 5.41) is 0. The molecule has 0 bridgehead atoms. The van der Waals surface area contributed by atoms with Crippen molar-refractivity contribution in [2.75, 3.05) is 31.8 Å². The van der Waals surface area contributed by atoms with Crippen LogP contribution in [-0.4, -0.2) is 48.6 Å². The van der Waals surface area contributed by atoms with Crippen molar-refractivity contribution in [3.05, 3.63) is 35.4 Å². The molecular formula is C15H22N2O2S. The van der Waals surface area contributed by atoms with Gasteiger partial charge in [0.25, 0.3) is 5.91 Å². The van der Waals surface area contributed by atoms with Gasteiger partial charge in [-0.15, -0.1) is 0 Å². The molecule has 110 valence electrons. The predicted molar refractivity (Wildman–Crippen MR) is 83.0 cm³/mol. The number of hydrogen-bond donors (Lipinski definition) is 1. The lowest BCUT2D eigenvalue weighted by atomic mass is 10.1. The maximum absolute atomic E-state index is 12.7.